The van der Waals surface area contributed by atoms with Gasteiger partial charge in [-0.15, -0.1) is 0 Å². The number of ether oxygens (including phenoxy) is 10. The number of carbonyl (C=O) groups is 2. The number of carbonyl (C=O) groups excluding carboxylic acids is 2. The van der Waals surface area contributed by atoms with Crippen molar-refractivity contribution in [2.45, 2.75) is 198 Å². The molecule has 15 nitrogen and oxygen atoms in total. The van der Waals surface area contributed by atoms with Crippen molar-refractivity contribution >= 4 is 11.9 Å². The minimum absolute atomic E-state index is 0.0270. The lowest BCUT2D eigenvalue weighted by Crippen LogP contribution is -2.58. The summed E-state index contributed by atoms with van der Waals surface area (Å²) in [6.45, 7) is 17.7. The van der Waals surface area contributed by atoms with Gasteiger partial charge in [0.2, 0.25) is 5.91 Å². The average molecular weight is 914 g/mol. The fourth-order valence-electron chi connectivity index (χ4n) is 11.0. The molecule has 15 heteroatoms. The van der Waals surface area contributed by atoms with Gasteiger partial charge in [0.05, 0.1) is 55.4 Å². The summed E-state index contributed by atoms with van der Waals surface area (Å²) in [5.41, 5.74) is 0.116. The number of aliphatic hydroxyl groups excluding tert-OH is 1. The summed E-state index contributed by atoms with van der Waals surface area (Å²) in [4.78, 5) is 26.3. The molecule has 7 aliphatic rings. The topological polar surface area (TPSA) is 179 Å². The molecule has 4 saturated heterocycles. The zero-order valence-electron chi connectivity index (χ0n) is 40.2. The minimum Gasteiger partial charge on any atom is -0.462 e. The molecular weight excluding hydrogens is 839 g/mol. The van der Waals surface area contributed by atoms with E-state index in [1.807, 2.05) is 39.0 Å². The van der Waals surface area contributed by atoms with Crippen molar-refractivity contribution in [2.24, 2.45) is 23.7 Å². The summed E-state index contributed by atoms with van der Waals surface area (Å²) in [5.74, 6) is -2.75. The number of methoxy groups -OCH3 is 2. The van der Waals surface area contributed by atoms with Gasteiger partial charge in [0.15, 0.2) is 18.4 Å². The number of allylic oxidation sites excluding steroid dienone is 2. The van der Waals surface area contributed by atoms with Crippen LogP contribution < -0.4 is 5.32 Å². The number of rotatable bonds is 9. The summed E-state index contributed by atoms with van der Waals surface area (Å²) in [5, 5.41) is 26.7. The zero-order valence-corrected chi connectivity index (χ0v) is 40.2. The van der Waals surface area contributed by atoms with Gasteiger partial charge in [-0.05, 0) is 62.8 Å². The Balaban J connectivity index is 1.16. The minimum atomic E-state index is -1.84. The number of hydrogen-bond acceptors (Lipinski definition) is 14. The predicted octanol–water partition coefficient (Wildman–Crippen LogP) is 5.52. The van der Waals surface area contributed by atoms with Gasteiger partial charge < -0.3 is 62.9 Å². The molecule has 364 valence electrons. The molecule has 0 aromatic carbocycles. The summed E-state index contributed by atoms with van der Waals surface area (Å²) in [6, 6.07) is -0.315. The number of nitrogens with one attached hydrogen (secondary N) is 1. The number of fused-ring (bicyclic) bond motifs is 2. The lowest BCUT2D eigenvalue weighted by Gasteiger charge is -2.48. The molecule has 3 N–H and O–H groups in total. The molecule has 2 bridgehead atoms. The van der Waals surface area contributed by atoms with E-state index >= 15 is 0 Å². The fraction of sp³-hybridized carbons (Fsp3) is 0.760. The number of esters is 1. The Bertz CT molecular complexity index is 1850. The largest absolute Gasteiger partial charge is 0.462 e. The molecule has 0 saturated carbocycles. The molecule has 1 amide bonds. The quantitative estimate of drug-likeness (QED) is 0.195. The van der Waals surface area contributed by atoms with Crippen LogP contribution in [0.4, 0.5) is 0 Å². The van der Waals surface area contributed by atoms with Gasteiger partial charge in [0, 0.05) is 58.7 Å². The zero-order chi connectivity index (χ0) is 47.0. The molecular formula is C50H75NO14. The molecule has 6 heterocycles. The SMILES string of the molecule is CC[C@H](C)[C@H]1O[C@]2(C=C[C@@H]1C)C[C@@H]1C[C@@H](C/C=C(/C)[C@@H](O[C@H]3C[C@H](OC)[C@@H](O[C@H]4C[C@H](OC)[C@H](NC(C)=O)[C@H](C)O4)[C@H](C)O3)[C@@H](C)/C=C\C=C3CO[C@@H]4[C@H](O)C(C)=C[C@@H](C(=O)O1)[C@]34O)O2. The van der Waals surface area contributed by atoms with E-state index in [4.69, 9.17) is 47.4 Å². The fourth-order valence-corrected chi connectivity index (χ4v) is 11.0. The second kappa shape index (κ2) is 20.8. The monoisotopic (exact) mass is 914 g/mol. The van der Waals surface area contributed by atoms with Crippen LogP contribution in [0, 0.1) is 23.7 Å². The highest BCUT2D eigenvalue weighted by molar-refractivity contribution is 5.78. The van der Waals surface area contributed by atoms with Gasteiger partial charge >= 0.3 is 5.97 Å². The van der Waals surface area contributed by atoms with Crippen molar-refractivity contribution in [3.63, 3.8) is 0 Å². The third kappa shape index (κ3) is 10.6. The molecule has 0 aromatic rings. The Morgan fingerprint density at radius 2 is 1.65 bits per heavy atom. The third-order valence-electron chi connectivity index (χ3n) is 14.9. The van der Waals surface area contributed by atoms with Crippen molar-refractivity contribution in [1.29, 1.82) is 0 Å². The molecule has 65 heavy (non-hydrogen) atoms. The smallest absolute Gasteiger partial charge is 0.316 e. The van der Waals surface area contributed by atoms with E-state index in [0.717, 1.165) is 12.0 Å². The number of hydrogen-bond donors (Lipinski definition) is 3. The van der Waals surface area contributed by atoms with E-state index in [1.54, 1.807) is 33.3 Å². The summed E-state index contributed by atoms with van der Waals surface area (Å²) >= 11 is 0. The van der Waals surface area contributed by atoms with E-state index in [0.29, 0.717) is 36.8 Å². The van der Waals surface area contributed by atoms with Crippen LogP contribution in [0.5, 0.6) is 0 Å². The van der Waals surface area contributed by atoms with E-state index in [9.17, 15) is 19.8 Å². The first-order valence-electron chi connectivity index (χ1n) is 23.8. The van der Waals surface area contributed by atoms with Crippen molar-refractivity contribution in [3.8, 4) is 0 Å². The van der Waals surface area contributed by atoms with E-state index in [2.05, 4.69) is 45.2 Å². The Morgan fingerprint density at radius 3 is 2.35 bits per heavy atom. The van der Waals surface area contributed by atoms with Crippen LogP contribution in [0.2, 0.25) is 0 Å². The van der Waals surface area contributed by atoms with E-state index in [1.165, 1.54) is 6.92 Å². The second-order valence-corrected chi connectivity index (χ2v) is 19.7. The first-order chi connectivity index (χ1) is 30.9. The molecule has 4 fully saturated rings. The maximum atomic E-state index is 14.4. The molecule has 0 aromatic heterocycles. The molecule has 0 radical (unpaired) electrons. The molecule has 6 aliphatic heterocycles. The molecule has 1 aliphatic carbocycles. The molecule has 0 unspecified atom stereocenters. The van der Waals surface area contributed by atoms with E-state index in [-0.39, 0.29) is 61.0 Å². The van der Waals surface area contributed by atoms with Gasteiger partial charge in [-0.25, -0.2) is 0 Å². The predicted molar refractivity (Wildman–Crippen MR) is 239 cm³/mol. The molecule has 20 atom stereocenters. The van der Waals surface area contributed by atoms with Crippen molar-refractivity contribution in [2.75, 3.05) is 20.8 Å². The van der Waals surface area contributed by atoms with Gasteiger partial charge in [-0.2, -0.15) is 0 Å². The number of amides is 1. The Labute approximate surface area is 385 Å². The Kier molecular flexibility index (Phi) is 16.0. The first kappa shape index (κ1) is 50.1. The highest BCUT2D eigenvalue weighted by atomic mass is 16.7. The third-order valence-corrected chi connectivity index (χ3v) is 14.9. The average Bonchev–Trinajstić information content (AvgIpc) is 3.61. The second-order valence-electron chi connectivity index (χ2n) is 19.7. The van der Waals surface area contributed by atoms with E-state index < -0.39 is 84.7 Å². The summed E-state index contributed by atoms with van der Waals surface area (Å²) in [7, 11) is 3.27. The van der Waals surface area contributed by atoms with Crippen LogP contribution in [-0.4, -0.2) is 140 Å². The first-order valence-corrected chi connectivity index (χ1v) is 23.8. The van der Waals surface area contributed by atoms with Crippen LogP contribution >= 0.6 is 0 Å². The Morgan fingerprint density at radius 1 is 0.938 bits per heavy atom. The van der Waals surface area contributed by atoms with Gasteiger partial charge in [-0.3, -0.25) is 9.59 Å². The van der Waals surface area contributed by atoms with Crippen LogP contribution in [-0.2, 0) is 57.0 Å². The summed E-state index contributed by atoms with van der Waals surface area (Å²) < 4.78 is 64.4. The van der Waals surface area contributed by atoms with Crippen LogP contribution in [0.25, 0.3) is 0 Å². The molecule has 7 rings (SSSR count). The highest BCUT2D eigenvalue weighted by Gasteiger charge is 2.60. The van der Waals surface area contributed by atoms with Gasteiger partial charge in [0.25, 0.3) is 0 Å². The lowest BCUT2D eigenvalue weighted by atomic mass is 9.71. The van der Waals surface area contributed by atoms with Crippen molar-refractivity contribution in [1.82, 2.24) is 5.32 Å². The van der Waals surface area contributed by atoms with Gasteiger partial charge in [-0.1, -0.05) is 70.6 Å². The lowest BCUT2D eigenvalue weighted by molar-refractivity contribution is -0.311. The summed E-state index contributed by atoms with van der Waals surface area (Å²) in [6.07, 6.45) is 9.46. The maximum absolute atomic E-state index is 14.4. The maximum Gasteiger partial charge on any atom is 0.316 e. The standard InChI is InChI=1S/C50H75NO14/c1-12-26(2)45-29(5)18-19-49(65-45)24-36-21-35(64-49)17-16-28(4)44(27(3)14-13-15-34-25-58-47-43(53)30(6)20-37(48(54)61-36)50(34,47)55)62-41-23-39(57-11)46(32(8)60-41)63-40-22-38(56-10)42(31(7)59-40)51-33(9)52/h13-16,18-20,26-27,29,31-32,35-47,53,55H,12,17,21-25H2,1-11H3,(H,51,52)/b14-13-,28-16-,34-15?/t26-,27-,29-,31-,32-,35+,36-,37-,38-,39-,40-,41-,42+,43+,44-,45+,46-,47+,49+,50+/m0/s1. The van der Waals surface area contributed by atoms with Crippen LogP contribution in [0.15, 0.2) is 59.3 Å². The van der Waals surface area contributed by atoms with Gasteiger partial charge in [0.1, 0.15) is 35.9 Å². The van der Waals surface area contributed by atoms with Crippen LogP contribution in [0.1, 0.15) is 101 Å². The highest BCUT2D eigenvalue weighted by Crippen LogP contribution is 2.47. The normalized spacial score (nSPS) is 46.5. The van der Waals surface area contributed by atoms with Crippen molar-refractivity contribution < 1.29 is 67.2 Å². The number of aliphatic hydroxyl groups is 2. The Hall–Kier alpha value is -2.80. The molecule has 1 spiro atoms. The van der Waals surface area contributed by atoms with Crippen molar-refractivity contribution in [3.05, 3.63) is 59.3 Å². The van der Waals surface area contributed by atoms with Crippen LogP contribution in [0.3, 0.4) is 0 Å².